The van der Waals surface area contributed by atoms with Gasteiger partial charge >= 0.3 is 0 Å². The van der Waals surface area contributed by atoms with E-state index < -0.39 is 0 Å². The molecule has 3 N–H and O–H groups in total. The molecule has 1 fully saturated rings. The number of thiocarbonyl (C=S) groups is 1. The fraction of sp³-hybridized carbons (Fsp3) is 0.750. The van der Waals surface area contributed by atoms with Gasteiger partial charge in [-0.15, -0.1) is 0 Å². The topological polar surface area (TPSA) is 56.4 Å². The fourth-order valence-electron chi connectivity index (χ4n) is 1.47. The van der Waals surface area contributed by atoms with E-state index in [0.717, 1.165) is 25.9 Å². The molecule has 0 aromatic heterocycles. The standard InChI is InChI=1S/C8H16N4OS/c1-12-4-2-7(3-5-12)10-8(14)11-9-6-13/h6-7H,2-5H2,1H3,(H,9,13)(H2,10,11,14). The Labute approximate surface area is 89.2 Å². The second kappa shape index (κ2) is 5.77. The molecule has 80 valence electrons. The Balaban J connectivity index is 2.17. The van der Waals surface area contributed by atoms with Crippen LogP contribution in [0.3, 0.4) is 0 Å². The van der Waals surface area contributed by atoms with Gasteiger partial charge < -0.3 is 10.2 Å². The average Bonchev–Trinajstić information content (AvgIpc) is 2.18. The van der Waals surface area contributed by atoms with Crippen LogP contribution in [-0.2, 0) is 4.79 Å². The summed E-state index contributed by atoms with van der Waals surface area (Å²) in [6.07, 6.45) is 2.72. The van der Waals surface area contributed by atoms with Gasteiger partial charge in [-0.1, -0.05) is 0 Å². The van der Waals surface area contributed by atoms with Crippen molar-refractivity contribution in [2.24, 2.45) is 0 Å². The number of carbonyl (C=O) groups is 1. The third-order valence-corrected chi connectivity index (χ3v) is 2.52. The van der Waals surface area contributed by atoms with Gasteiger partial charge in [0.2, 0.25) is 6.41 Å². The number of likely N-dealkylation sites (tertiary alicyclic amines) is 1. The predicted molar refractivity (Wildman–Crippen MR) is 58.6 cm³/mol. The second-order valence-electron chi connectivity index (χ2n) is 3.44. The fourth-order valence-corrected chi connectivity index (χ4v) is 1.70. The number of carbonyl (C=O) groups excluding carboxylic acids is 1. The lowest BCUT2D eigenvalue weighted by Crippen LogP contribution is -2.50. The number of hydrazine groups is 1. The SMILES string of the molecule is CN1CCC(NC(=S)NNC=O)CC1. The van der Waals surface area contributed by atoms with Gasteiger partial charge in [0.05, 0.1) is 0 Å². The number of nitrogens with zero attached hydrogens (tertiary/aromatic N) is 1. The van der Waals surface area contributed by atoms with E-state index in [4.69, 9.17) is 12.2 Å². The normalized spacial score (nSPS) is 18.6. The first-order valence-corrected chi connectivity index (χ1v) is 5.07. The minimum atomic E-state index is 0.416. The Kier molecular flexibility index (Phi) is 4.61. The zero-order chi connectivity index (χ0) is 10.4. The number of nitrogens with one attached hydrogen (secondary N) is 3. The summed E-state index contributed by atoms with van der Waals surface area (Å²) in [6.45, 7) is 2.17. The molecule has 5 nitrogen and oxygen atoms in total. The molecule has 0 unspecified atom stereocenters. The van der Waals surface area contributed by atoms with Crippen molar-refractivity contribution in [1.82, 2.24) is 21.1 Å². The Morgan fingerprint density at radius 3 is 2.71 bits per heavy atom. The van der Waals surface area contributed by atoms with Gasteiger partial charge in [0.1, 0.15) is 0 Å². The van der Waals surface area contributed by atoms with Crippen molar-refractivity contribution in [3.05, 3.63) is 0 Å². The second-order valence-corrected chi connectivity index (χ2v) is 3.85. The number of piperidine rings is 1. The van der Waals surface area contributed by atoms with Crippen LogP contribution < -0.4 is 16.2 Å². The van der Waals surface area contributed by atoms with Crippen molar-refractivity contribution in [2.45, 2.75) is 18.9 Å². The van der Waals surface area contributed by atoms with Crippen molar-refractivity contribution in [3.8, 4) is 0 Å². The van der Waals surface area contributed by atoms with Crippen LogP contribution in [0.4, 0.5) is 0 Å². The number of rotatable bonds is 3. The largest absolute Gasteiger partial charge is 0.359 e. The van der Waals surface area contributed by atoms with Crippen molar-refractivity contribution >= 4 is 23.7 Å². The molecule has 1 rings (SSSR count). The van der Waals surface area contributed by atoms with E-state index in [1.165, 1.54) is 0 Å². The van der Waals surface area contributed by atoms with E-state index in [-0.39, 0.29) is 0 Å². The Morgan fingerprint density at radius 1 is 1.50 bits per heavy atom. The molecule has 1 aliphatic rings. The van der Waals surface area contributed by atoms with E-state index in [1.54, 1.807) is 0 Å². The Hall–Kier alpha value is -0.880. The smallest absolute Gasteiger partial charge is 0.225 e. The molecule has 0 aromatic carbocycles. The third kappa shape index (κ3) is 3.89. The van der Waals surface area contributed by atoms with Crippen molar-refractivity contribution in [3.63, 3.8) is 0 Å². The summed E-state index contributed by atoms with van der Waals surface area (Å²) < 4.78 is 0. The molecule has 0 radical (unpaired) electrons. The van der Waals surface area contributed by atoms with Gasteiger partial charge in [-0.25, -0.2) is 0 Å². The maximum atomic E-state index is 9.98. The van der Waals surface area contributed by atoms with Crippen LogP contribution in [0.25, 0.3) is 0 Å². The Bertz CT molecular complexity index is 204. The molecule has 0 saturated carbocycles. The molecule has 0 bridgehead atoms. The maximum Gasteiger partial charge on any atom is 0.225 e. The first kappa shape index (κ1) is 11.2. The third-order valence-electron chi connectivity index (χ3n) is 2.30. The van der Waals surface area contributed by atoms with Crippen molar-refractivity contribution in [2.75, 3.05) is 20.1 Å². The molecular weight excluding hydrogens is 200 g/mol. The highest BCUT2D eigenvalue weighted by Crippen LogP contribution is 2.07. The molecule has 0 spiro atoms. The molecule has 0 aromatic rings. The summed E-state index contributed by atoms with van der Waals surface area (Å²) in [5, 5.41) is 3.62. The zero-order valence-corrected chi connectivity index (χ0v) is 9.06. The summed E-state index contributed by atoms with van der Waals surface area (Å²) in [5.41, 5.74) is 4.88. The van der Waals surface area contributed by atoms with E-state index in [2.05, 4.69) is 28.1 Å². The highest BCUT2D eigenvalue weighted by Gasteiger charge is 2.16. The number of hydrogen-bond donors (Lipinski definition) is 3. The lowest BCUT2D eigenvalue weighted by atomic mass is 10.1. The molecule has 1 amide bonds. The van der Waals surface area contributed by atoms with Crippen molar-refractivity contribution in [1.29, 1.82) is 0 Å². The van der Waals surface area contributed by atoms with E-state index >= 15 is 0 Å². The van der Waals surface area contributed by atoms with Crippen LogP contribution in [0.2, 0.25) is 0 Å². The average molecular weight is 216 g/mol. The van der Waals surface area contributed by atoms with Gasteiger partial charge in [0.25, 0.3) is 0 Å². The first-order chi connectivity index (χ1) is 6.72. The molecule has 0 atom stereocenters. The molecule has 1 heterocycles. The molecule has 1 aliphatic heterocycles. The van der Waals surface area contributed by atoms with Crippen LogP contribution in [0.1, 0.15) is 12.8 Å². The lowest BCUT2D eigenvalue weighted by molar-refractivity contribution is -0.110. The number of hydrogen-bond acceptors (Lipinski definition) is 3. The lowest BCUT2D eigenvalue weighted by Gasteiger charge is -2.30. The van der Waals surface area contributed by atoms with Crippen LogP contribution in [-0.4, -0.2) is 42.6 Å². The summed E-state index contributed by atoms with van der Waals surface area (Å²) >= 11 is 4.97. The van der Waals surface area contributed by atoms with Crippen LogP contribution >= 0.6 is 12.2 Å². The summed E-state index contributed by atoms with van der Waals surface area (Å²) in [5.74, 6) is 0. The van der Waals surface area contributed by atoms with Crippen LogP contribution in [0.5, 0.6) is 0 Å². The maximum absolute atomic E-state index is 9.98. The summed E-state index contributed by atoms with van der Waals surface area (Å²) in [6, 6.07) is 0.416. The molecule has 14 heavy (non-hydrogen) atoms. The minimum absolute atomic E-state index is 0.416. The highest BCUT2D eigenvalue weighted by atomic mass is 32.1. The van der Waals surface area contributed by atoms with Crippen molar-refractivity contribution < 1.29 is 4.79 Å². The highest BCUT2D eigenvalue weighted by molar-refractivity contribution is 7.80. The van der Waals surface area contributed by atoms with Gasteiger partial charge in [0.15, 0.2) is 5.11 Å². The minimum Gasteiger partial charge on any atom is -0.359 e. The zero-order valence-electron chi connectivity index (χ0n) is 8.25. The number of amides is 1. The molecular formula is C8H16N4OS. The van der Waals surface area contributed by atoms with Gasteiger partial charge in [0, 0.05) is 6.04 Å². The molecule has 0 aliphatic carbocycles. The van der Waals surface area contributed by atoms with Gasteiger partial charge in [-0.3, -0.25) is 15.6 Å². The Morgan fingerprint density at radius 2 is 2.14 bits per heavy atom. The quantitative estimate of drug-likeness (QED) is 0.328. The van der Waals surface area contributed by atoms with Gasteiger partial charge in [-0.05, 0) is 45.2 Å². The predicted octanol–water partition coefficient (Wildman–Crippen LogP) is -0.794. The van der Waals surface area contributed by atoms with Gasteiger partial charge in [-0.2, -0.15) is 0 Å². The molecule has 1 saturated heterocycles. The van der Waals surface area contributed by atoms with E-state index in [9.17, 15) is 4.79 Å². The van der Waals surface area contributed by atoms with E-state index in [0.29, 0.717) is 17.6 Å². The summed E-state index contributed by atoms with van der Waals surface area (Å²) in [4.78, 5) is 12.3. The summed E-state index contributed by atoms with van der Waals surface area (Å²) in [7, 11) is 2.11. The van der Waals surface area contributed by atoms with Crippen LogP contribution in [0, 0.1) is 0 Å². The van der Waals surface area contributed by atoms with E-state index in [1.807, 2.05) is 0 Å². The first-order valence-electron chi connectivity index (χ1n) is 4.66. The molecule has 6 heteroatoms. The van der Waals surface area contributed by atoms with Crippen LogP contribution in [0.15, 0.2) is 0 Å². The monoisotopic (exact) mass is 216 g/mol.